The van der Waals surface area contributed by atoms with Crippen molar-refractivity contribution in [3.8, 4) is 0 Å². The van der Waals surface area contributed by atoms with E-state index in [9.17, 15) is 9.90 Å². The quantitative estimate of drug-likeness (QED) is 0.431. The lowest BCUT2D eigenvalue weighted by atomic mass is 10.3. The summed E-state index contributed by atoms with van der Waals surface area (Å²) >= 11 is 0. The summed E-state index contributed by atoms with van der Waals surface area (Å²) < 4.78 is 4.37. The van der Waals surface area contributed by atoms with Gasteiger partial charge in [0.25, 0.3) is 5.95 Å². The Morgan fingerprint density at radius 1 is 1.43 bits per heavy atom. The van der Waals surface area contributed by atoms with Crippen molar-refractivity contribution in [1.29, 1.82) is 0 Å². The minimum absolute atomic E-state index is 0.337. The van der Waals surface area contributed by atoms with Gasteiger partial charge in [0.1, 0.15) is 0 Å². The highest BCUT2D eigenvalue weighted by molar-refractivity contribution is 5.75. The summed E-state index contributed by atoms with van der Waals surface area (Å²) in [4.78, 5) is 10.9. The Morgan fingerprint density at radius 2 is 2.00 bits per heavy atom. The third-order valence-electron chi connectivity index (χ3n) is 1.55. The number of hydrogen-bond acceptors (Lipinski definition) is 5. The summed E-state index contributed by atoms with van der Waals surface area (Å²) in [5, 5.41) is 26.4. The van der Waals surface area contributed by atoms with Gasteiger partial charge in [-0.3, -0.25) is 0 Å². The molecule has 0 radical (unpaired) electrons. The van der Waals surface area contributed by atoms with Crippen molar-refractivity contribution < 1.29 is 24.9 Å². The average Bonchev–Trinajstić information content (AvgIpc) is 2.69. The van der Waals surface area contributed by atoms with Crippen LogP contribution in [-0.2, 0) is 9.53 Å². The minimum Gasteiger partial charge on any atom is -0.480 e. The molecule has 14 heavy (non-hydrogen) atoms. The number of rotatable bonds is 3. The van der Waals surface area contributed by atoms with Gasteiger partial charge in [-0.1, -0.05) is 12.2 Å². The minimum atomic E-state index is -1.63. The smallest absolute Gasteiger partial charge is 0.345 e. The number of aliphatic hydroxyl groups is 3. The molecular weight excluding hydrogens is 188 g/mol. The Morgan fingerprint density at radius 3 is 2.50 bits per heavy atom. The summed E-state index contributed by atoms with van der Waals surface area (Å²) in [5.74, 6) is -1.68. The SMILES string of the molecule is O=C(OC(O)=C1C=CC=C1)C(O)CO. The van der Waals surface area contributed by atoms with E-state index in [4.69, 9.17) is 10.2 Å². The fourth-order valence-corrected chi connectivity index (χ4v) is 0.813. The average molecular weight is 198 g/mol. The van der Waals surface area contributed by atoms with Gasteiger partial charge < -0.3 is 20.1 Å². The predicted octanol–water partition coefficient (Wildman–Crippen LogP) is -0.222. The van der Waals surface area contributed by atoms with Crippen molar-refractivity contribution in [2.75, 3.05) is 6.61 Å². The van der Waals surface area contributed by atoms with E-state index in [-0.39, 0.29) is 0 Å². The first-order valence-corrected chi connectivity index (χ1v) is 3.93. The summed E-state index contributed by atoms with van der Waals surface area (Å²) in [6, 6.07) is 0. The normalized spacial score (nSPS) is 15.7. The van der Waals surface area contributed by atoms with Crippen molar-refractivity contribution >= 4 is 5.97 Å². The second-order valence-corrected chi connectivity index (χ2v) is 2.60. The molecule has 5 nitrogen and oxygen atoms in total. The van der Waals surface area contributed by atoms with Crippen molar-refractivity contribution in [3.05, 3.63) is 35.8 Å². The van der Waals surface area contributed by atoms with Crippen LogP contribution >= 0.6 is 0 Å². The first-order chi connectivity index (χ1) is 6.65. The maximum absolute atomic E-state index is 10.9. The lowest BCUT2D eigenvalue weighted by Crippen LogP contribution is -2.26. The third-order valence-corrected chi connectivity index (χ3v) is 1.55. The molecule has 1 atom stereocenters. The molecular formula is C9H10O5. The summed E-state index contributed by atoms with van der Waals surface area (Å²) in [5.41, 5.74) is 0.337. The summed E-state index contributed by atoms with van der Waals surface area (Å²) in [6.07, 6.45) is 4.75. The number of carbonyl (C=O) groups is 1. The molecule has 0 saturated heterocycles. The van der Waals surface area contributed by atoms with E-state index in [1.807, 2.05) is 0 Å². The zero-order valence-electron chi connectivity index (χ0n) is 7.25. The van der Waals surface area contributed by atoms with E-state index in [0.29, 0.717) is 5.57 Å². The van der Waals surface area contributed by atoms with E-state index in [2.05, 4.69) is 4.74 Å². The molecule has 0 aromatic heterocycles. The molecule has 1 rings (SSSR count). The molecule has 0 aliphatic heterocycles. The lowest BCUT2D eigenvalue weighted by molar-refractivity contribution is -0.155. The zero-order chi connectivity index (χ0) is 10.6. The number of carbonyl (C=O) groups excluding carboxylic acids is 1. The van der Waals surface area contributed by atoms with Crippen molar-refractivity contribution in [3.63, 3.8) is 0 Å². The first kappa shape index (κ1) is 10.5. The van der Waals surface area contributed by atoms with Crippen LogP contribution in [0.2, 0.25) is 0 Å². The van der Waals surface area contributed by atoms with Gasteiger partial charge in [-0.15, -0.1) is 0 Å². The van der Waals surface area contributed by atoms with Crippen LogP contribution in [0.15, 0.2) is 35.8 Å². The van der Waals surface area contributed by atoms with Crippen LogP contribution < -0.4 is 0 Å². The van der Waals surface area contributed by atoms with Gasteiger partial charge in [0, 0.05) is 0 Å². The van der Waals surface area contributed by atoms with Gasteiger partial charge in [0.15, 0.2) is 6.10 Å². The van der Waals surface area contributed by atoms with Gasteiger partial charge in [-0.2, -0.15) is 0 Å². The Balaban J connectivity index is 2.61. The molecule has 5 heteroatoms. The van der Waals surface area contributed by atoms with Crippen LogP contribution in [-0.4, -0.2) is 34.0 Å². The standard InChI is InChI=1S/C9H10O5/c10-5-7(11)9(13)14-8(12)6-3-1-2-4-6/h1-4,7,10-12H,5H2. The highest BCUT2D eigenvalue weighted by Crippen LogP contribution is 2.12. The molecule has 3 N–H and O–H groups in total. The Labute approximate surface area is 80.2 Å². The van der Waals surface area contributed by atoms with Crippen LogP contribution in [0.3, 0.4) is 0 Å². The second-order valence-electron chi connectivity index (χ2n) is 2.60. The van der Waals surface area contributed by atoms with Crippen molar-refractivity contribution in [1.82, 2.24) is 0 Å². The van der Waals surface area contributed by atoms with Crippen LogP contribution in [0.5, 0.6) is 0 Å². The lowest BCUT2D eigenvalue weighted by Gasteiger charge is -2.07. The number of aliphatic hydroxyl groups excluding tert-OH is 3. The monoisotopic (exact) mass is 198 g/mol. The largest absolute Gasteiger partial charge is 0.480 e. The zero-order valence-corrected chi connectivity index (χ0v) is 7.25. The van der Waals surface area contributed by atoms with E-state index in [0.717, 1.165) is 0 Å². The molecule has 0 heterocycles. The van der Waals surface area contributed by atoms with Crippen LogP contribution in [0.1, 0.15) is 0 Å². The fraction of sp³-hybridized carbons (Fsp3) is 0.222. The van der Waals surface area contributed by atoms with E-state index < -0.39 is 24.6 Å². The van der Waals surface area contributed by atoms with Crippen molar-refractivity contribution in [2.24, 2.45) is 0 Å². The summed E-state index contributed by atoms with van der Waals surface area (Å²) in [6.45, 7) is -0.743. The van der Waals surface area contributed by atoms with E-state index in [1.54, 1.807) is 12.2 Å². The second kappa shape index (κ2) is 4.59. The topological polar surface area (TPSA) is 87.0 Å². The molecule has 0 saturated carbocycles. The molecule has 0 aromatic carbocycles. The van der Waals surface area contributed by atoms with Gasteiger partial charge >= 0.3 is 5.97 Å². The van der Waals surface area contributed by atoms with Crippen LogP contribution in [0.25, 0.3) is 0 Å². The third kappa shape index (κ3) is 2.45. The van der Waals surface area contributed by atoms with E-state index >= 15 is 0 Å². The van der Waals surface area contributed by atoms with Gasteiger partial charge in [-0.25, -0.2) is 4.79 Å². The number of ether oxygens (including phenoxy) is 1. The maximum atomic E-state index is 10.9. The van der Waals surface area contributed by atoms with Gasteiger partial charge in [0.05, 0.1) is 12.2 Å². The van der Waals surface area contributed by atoms with Crippen LogP contribution in [0.4, 0.5) is 0 Å². The number of allylic oxidation sites excluding steroid dienone is 5. The highest BCUT2D eigenvalue weighted by atomic mass is 16.6. The van der Waals surface area contributed by atoms with Crippen molar-refractivity contribution in [2.45, 2.75) is 6.10 Å². The molecule has 76 valence electrons. The first-order valence-electron chi connectivity index (χ1n) is 3.93. The number of hydrogen-bond donors (Lipinski definition) is 3. The molecule has 0 aromatic rings. The van der Waals surface area contributed by atoms with Gasteiger partial charge in [-0.05, 0) is 12.2 Å². The highest BCUT2D eigenvalue weighted by Gasteiger charge is 2.18. The predicted molar refractivity (Wildman–Crippen MR) is 47.1 cm³/mol. The van der Waals surface area contributed by atoms with Gasteiger partial charge in [0.2, 0.25) is 0 Å². The van der Waals surface area contributed by atoms with Crippen LogP contribution in [0, 0.1) is 0 Å². The Bertz CT molecular complexity index is 299. The Kier molecular flexibility index (Phi) is 3.44. The molecule has 0 spiro atoms. The van der Waals surface area contributed by atoms with E-state index in [1.165, 1.54) is 12.2 Å². The maximum Gasteiger partial charge on any atom is 0.345 e. The molecule has 0 fully saturated rings. The Hall–Kier alpha value is -1.59. The molecule has 0 amide bonds. The fourth-order valence-electron chi connectivity index (χ4n) is 0.813. The number of esters is 1. The molecule has 1 unspecified atom stereocenters. The molecule has 0 bridgehead atoms. The molecule has 1 aliphatic carbocycles. The molecule has 1 aliphatic rings. The summed E-state index contributed by atoms with van der Waals surface area (Å²) in [7, 11) is 0.